The number of carbonyl (C=O) groups excluding carboxylic acids is 1. The number of hydrazone groups is 1. The molecule has 0 atom stereocenters. The van der Waals surface area contributed by atoms with Crippen LogP contribution < -0.4 is 10.7 Å². The fourth-order valence-corrected chi connectivity index (χ4v) is 3.67. The van der Waals surface area contributed by atoms with Gasteiger partial charge in [0.2, 0.25) is 5.13 Å². The van der Waals surface area contributed by atoms with Crippen LogP contribution in [-0.4, -0.2) is 16.6 Å². The first-order valence-corrected chi connectivity index (χ1v) is 8.33. The minimum atomic E-state index is -0.290. The molecule has 3 aromatic rings. The Morgan fingerprint density at radius 2 is 1.96 bits per heavy atom. The zero-order valence-electron chi connectivity index (χ0n) is 12.3. The predicted octanol–water partition coefficient (Wildman–Crippen LogP) is 3.54. The molecule has 1 aromatic heterocycles. The Morgan fingerprint density at radius 3 is 2.71 bits per heavy atom. The van der Waals surface area contributed by atoms with Crippen LogP contribution in [0.15, 0.2) is 65.4 Å². The van der Waals surface area contributed by atoms with Crippen LogP contribution in [0.5, 0.6) is 0 Å². The first-order chi connectivity index (χ1) is 11.7. The summed E-state index contributed by atoms with van der Waals surface area (Å²) in [4.78, 5) is 17.1. The number of fused-ring (bicyclic) bond motifs is 1. The van der Waals surface area contributed by atoms with Crippen molar-refractivity contribution in [3.05, 3.63) is 70.9 Å². The molecular weight excluding hydrogens is 344 g/mol. The van der Waals surface area contributed by atoms with Crippen LogP contribution >= 0.6 is 22.9 Å². The van der Waals surface area contributed by atoms with E-state index in [1.807, 2.05) is 42.5 Å². The molecule has 0 fully saturated rings. The lowest BCUT2D eigenvalue weighted by Crippen LogP contribution is -2.21. The smallest absolute Gasteiger partial charge is 0.284 e. The number of hydrogen-bond donors (Lipinski definition) is 1. The molecule has 2 aromatic carbocycles. The zero-order chi connectivity index (χ0) is 16.7. The number of nitrogens with zero attached hydrogens (tertiary/aromatic N) is 3. The standard InChI is InChI=1S/C17H11ClN4OS/c18-11-6-7-13-14(8-11)24-17(20-13)22-16(23)12(9-19)15(21-22)10-4-2-1-3-5-10/h1-9H,19H2. The average Bonchev–Trinajstić information content (AvgIpc) is 3.15. The van der Waals surface area contributed by atoms with Gasteiger partial charge in [-0.3, -0.25) is 4.79 Å². The lowest BCUT2D eigenvalue weighted by atomic mass is 10.0. The van der Waals surface area contributed by atoms with Crippen molar-refractivity contribution < 1.29 is 4.79 Å². The second-order valence-electron chi connectivity index (χ2n) is 5.12. The van der Waals surface area contributed by atoms with Crippen LogP contribution in [-0.2, 0) is 4.79 Å². The molecule has 0 saturated carbocycles. The Hall–Kier alpha value is -2.70. The highest BCUT2D eigenvalue weighted by molar-refractivity contribution is 7.22. The van der Waals surface area contributed by atoms with E-state index < -0.39 is 0 Å². The monoisotopic (exact) mass is 354 g/mol. The van der Waals surface area contributed by atoms with Gasteiger partial charge in [0.1, 0.15) is 5.71 Å². The molecular formula is C17H11ClN4OS. The second-order valence-corrected chi connectivity index (χ2v) is 6.57. The van der Waals surface area contributed by atoms with Crippen LogP contribution in [0.2, 0.25) is 5.02 Å². The highest BCUT2D eigenvalue weighted by atomic mass is 35.5. The van der Waals surface area contributed by atoms with Crippen molar-refractivity contribution in [1.29, 1.82) is 0 Å². The molecule has 24 heavy (non-hydrogen) atoms. The van der Waals surface area contributed by atoms with E-state index in [0.29, 0.717) is 21.4 Å². The number of thiazole rings is 1. The molecule has 0 radical (unpaired) electrons. The fourth-order valence-electron chi connectivity index (χ4n) is 2.48. The summed E-state index contributed by atoms with van der Waals surface area (Å²) in [6.45, 7) is 0. The number of carbonyl (C=O) groups is 1. The number of anilines is 1. The average molecular weight is 355 g/mol. The SMILES string of the molecule is NC=C1C(=O)N(c2nc3ccc(Cl)cc3s2)N=C1c1ccccc1. The van der Waals surface area contributed by atoms with E-state index in [-0.39, 0.29) is 5.91 Å². The van der Waals surface area contributed by atoms with Crippen LogP contribution in [0.4, 0.5) is 5.13 Å². The molecule has 0 aliphatic carbocycles. The van der Waals surface area contributed by atoms with E-state index in [4.69, 9.17) is 17.3 Å². The largest absolute Gasteiger partial charge is 0.404 e. The number of amides is 1. The maximum Gasteiger partial charge on any atom is 0.284 e. The van der Waals surface area contributed by atoms with Gasteiger partial charge in [-0.05, 0) is 18.2 Å². The Balaban J connectivity index is 1.82. The van der Waals surface area contributed by atoms with Crippen LogP contribution in [0.3, 0.4) is 0 Å². The van der Waals surface area contributed by atoms with Gasteiger partial charge in [-0.1, -0.05) is 53.3 Å². The molecule has 1 amide bonds. The van der Waals surface area contributed by atoms with E-state index in [2.05, 4.69) is 10.1 Å². The van der Waals surface area contributed by atoms with Crippen LogP contribution in [0.25, 0.3) is 10.2 Å². The minimum Gasteiger partial charge on any atom is -0.404 e. The fraction of sp³-hybridized carbons (Fsp3) is 0. The van der Waals surface area contributed by atoms with Gasteiger partial charge in [0, 0.05) is 16.8 Å². The van der Waals surface area contributed by atoms with Gasteiger partial charge in [0.25, 0.3) is 5.91 Å². The molecule has 0 unspecified atom stereocenters. The van der Waals surface area contributed by atoms with Gasteiger partial charge in [-0.2, -0.15) is 10.1 Å². The van der Waals surface area contributed by atoms with E-state index in [1.165, 1.54) is 22.5 Å². The lowest BCUT2D eigenvalue weighted by Gasteiger charge is -2.05. The number of halogens is 1. The molecule has 1 aliphatic rings. The molecule has 5 nitrogen and oxygen atoms in total. The second kappa shape index (κ2) is 5.74. The summed E-state index contributed by atoms with van der Waals surface area (Å²) in [5.41, 5.74) is 8.16. The zero-order valence-corrected chi connectivity index (χ0v) is 13.9. The topological polar surface area (TPSA) is 71.6 Å². The van der Waals surface area contributed by atoms with Gasteiger partial charge in [-0.25, -0.2) is 4.98 Å². The van der Waals surface area contributed by atoms with Crippen molar-refractivity contribution >= 4 is 49.9 Å². The van der Waals surface area contributed by atoms with Crippen molar-refractivity contribution in [2.45, 2.75) is 0 Å². The maximum absolute atomic E-state index is 12.7. The summed E-state index contributed by atoms with van der Waals surface area (Å²) in [5.74, 6) is -0.290. The molecule has 1 aliphatic heterocycles. The summed E-state index contributed by atoms with van der Waals surface area (Å²) < 4.78 is 0.895. The first kappa shape index (κ1) is 14.9. The first-order valence-electron chi connectivity index (χ1n) is 7.14. The van der Waals surface area contributed by atoms with E-state index in [9.17, 15) is 4.79 Å². The summed E-state index contributed by atoms with van der Waals surface area (Å²) >= 11 is 7.37. The van der Waals surface area contributed by atoms with Gasteiger partial charge in [0.15, 0.2) is 0 Å². The summed E-state index contributed by atoms with van der Waals surface area (Å²) in [5, 5.41) is 6.85. The van der Waals surface area contributed by atoms with Crippen LogP contribution in [0, 0.1) is 0 Å². The minimum absolute atomic E-state index is 0.290. The third-order valence-corrected chi connectivity index (χ3v) is 4.84. The molecule has 0 spiro atoms. The van der Waals surface area contributed by atoms with E-state index in [0.717, 1.165) is 15.8 Å². The Kier molecular flexibility index (Phi) is 3.55. The van der Waals surface area contributed by atoms with Gasteiger partial charge in [-0.15, -0.1) is 0 Å². The van der Waals surface area contributed by atoms with Crippen molar-refractivity contribution in [3.8, 4) is 0 Å². The maximum atomic E-state index is 12.7. The summed E-state index contributed by atoms with van der Waals surface area (Å²) in [7, 11) is 0. The Labute approximate surface area is 146 Å². The molecule has 2 heterocycles. The van der Waals surface area contributed by atoms with Gasteiger partial charge in [0.05, 0.1) is 15.8 Å². The molecule has 7 heteroatoms. The Bertz CT molecular complexity index is 1010. The number of hydrogen-bond acceptors (Lipinski definition) is 5. The van der Waals surface area contributed by atoms with Crippen LogP contribution in [0.1, 0.15) is 5.56 Å². The highest BCUT2D eigenvalue weighted by Crippen LogP contribution is 2.34. The third-order valence-electron chi connectivity index (χ3n) is 3.61. The Morgan fingerprint density at radius 1 is 1.17 bits per heavy atom. The van der Waals surface area contributed by atoms with Crippen molar-refractivity contribution in [2.24, 2.45) is 10.8 Å². The number of benzene rings is 2. The van der Waals surface area contributed by atoms with Crippen molar-refractivity contribution in [2.75, 3.05) is 5.01 Å². The lowest BCUT2D eigenvalue weighted by molar-refractivity contribution is -0.114. The van der Waals surface area contributed by atoms with Gasteiger partial charge >= 0.3 is 0 Å². The third kappa shape index (κ3) is 2.36. The number of aromatic nitrogens is 1. The molecule has 0 saturated heterocycles. The predicted molar refractivity (Wildman–Crippen MR) is 97.4 cm³/mol. The highest BCUT2D eigenvalue weighted by Gasteiger charge is 2.33. The van der Waals surface area contributed by atoms with Crippen molar-refractivity contribution in [3.63, 3.8) is 0 Å². The molecule has 2 N–H and O–H groups in total. The number of nitrogens with two attached hydrogens (primary N) is 1. The summed E-state index contributed by atoms with van der Waals surface area (Å²) in [6, 6.07) is 14.9. The van der Waals surface area contributed by atoms with E-state index in [1.54, 1.807) is 6.07 Å². The normalized spacial score (nSPS) is 16.2. The van der Waals surface area contributed by atoms with Crippen molar-refractivity contribution in [1.82, 2.24) is 4.98 Å². The van der Waals surface area contributed by atoms with E-state index >= 15 is 0 Å². The molecule has 0 bridgehead atoms. The molecule has 118 valence electrons. The van der Waals surface area contributed by atoms with Gasteiger partial charge < -0.3 is 5.73 Å². The quantitative estimate of drug-likeness (QED) is 0.715. The molecule has 4 rings (SSSR count). The number of rotatable bonds is 2. The summed E-state index contributed by atoms with van der Waals surface area (Å²) in [6.07, 6.45) is 1.29.